The van der Waals surface area contributed by atoms with Crippen molar-refractivity contribution in [3.05, 3.63) is 23.1 Å². The predicted molar refractivity (Wildman–Crippen MR) is 60.0 cm³/mol. The molecule has 1 saturated heterocycles. The first-order valence-corrected chi connectivity index (χ1v) is 5.63. The van der Waals surface area contributed by atoms with Crippen molar-refractivity contribution in [2.75, 3.05) is 6.54 Å². The van der Waals surface area contributed by atoms with Gasteiger partial charge in [0.2, 0.25) is 5.22 Å². The Morgan fingerprint density at radius 1 is 1.59 bits per heavy atom. The van der Waals surface area contributed by atoms with Crippen LogP contribution in [-0.2, 0) is 4.79 Å². The zero-order valence-electron chi connectivity index (χ0n) is 9.27. The lowest BCUT2D eigenvalue weighted by Gasteiger charge is -2.30. The number of carbonyl (C=O) groups is 2. The zero-order valence-corrected chi connectivity index (χ0v) is 10.0. The van der Waals surface area contributed by atoms with E-state index in [0.29, 0.717) is 19.4 Å². The third-order valence-corrected chi connectivity index (χ3v) is 3.49. The Morgan fingerprint density at radius 2 is 2.29 bits per heavy atom. The second-order valence-corrected chi connectivity index (χ2v) is 4.59. The van der Waals surface area contributed by atoms with Crippen LogP contribution in [-0.4, -0.2) is 34.0 Å². The van der Waals surface area contributed by atoms with Crippen LogP contribution in [0.15, 0.2) is 16.7 Å². The lowest BCUT2D eigenvalue weighted by molar-refractivity contribution is -0.147. The Kier molecular flexibility index (Phi) is 2.87. The summed E-state index contributed by atoms with van der Waals surface area (Å²) in [5.41, 5.74) is -0.946. The number of hydrogen-bond acceptors (Lipinski definition) is 3. The fourth-order valence-electron chi connectivity index (χ4n) is 2.10. The minimum Gasteiger partial charge on any atom is -0.480 e. The van der Waals surface area contributed by atoms with Gasteiger partial charge in [0.1, 0.15) is 5.54 Å². The fourth-order valence-corrected chi connectivity index (χ4v) is 2.30. The number of carboxylic acid groups (broad SMARTS) is 1. The molecule has 2 heterocycles. The van der Waals surface area contributed by atoms with E-state index in [0.717, 1.165) is 0 Å². The highest BCUT2D eigenvalue weighted by atomic mass is 35.5. The monoisotopic (exact) mass is 257 g/mol. The second kappa shape index (κ2) is 4.07. The molecule has 0 bridgehead atoms. The lowest BCUT2D eigenvalue weighted by Crippen LogP contribution is -2.50. The highest BCUT2D eigenvalue weighted by Crippen LogP contribution is 2.32. The molecule has 1 fully saturated rings. The summed E-state index contributed by atoms with van der Waals surface area (Å²) < 4.78 is 4.84. The van der Waals surface area contributed by atoms with E-state index in [1.165, 1.54) is 17.2 Å². The molecule has 1 N–H and O–H groups in total. The molecule has 0 spiro atoms. The van der Waals surface area contributed by atoms with Gasteiger partial charge in [0.25, 0.3) is 5.91 Å². The SMILES string of the molecule is CC1(C(=O)O)CCCN1C(=O)c1ccoc1Cl. The molecule has 1 unspecified atom stereocenters. The summed E-state index contributed by atoms with van der Waals surface area (Å²) >= 11 is 5.72. The van der Waals surface area contributed by atoms with Crippen LogP contribution >= 0.6 is 11.6 Å². The van der Waals surface area contributed by atoms with Crippen LogP contribution in [0.3, 0.4) is 0 Å². The van der Waals surface area contributed by atoms with Gasteiger partial charge in [0.05, 0.1) is 11.8 Å². The topological polar surface area (TPSA) is 70.8 Å². The van der Waals surface area contributed by atoms with Gasteiger partial charge in [-0.1, -0.05) is 0 Å². The zero-order chi connectivity index (χ0) is 12.6. The quantitative estimate of drug-likeness (QED) is 0.880. The van der Waals surface area contributed by atoms with E-state index in [4.69, 9.17) is 16.0 Å². The second-order valence-electron chi connectivity index (χ2n) is 4.25. The molecule has 5 nitrogen and oxygen atoms in total. The standard InChI is InChI=1S/C11H12ClNO4/c1-11(10(15)16)4-2-5-13(11)9(14)7-3-6-17-8(7)12/h3,6H,2,4-5H2,1H3,(H,15,16). The van der Waals surface area contributed by atoms with Crippen LogP contribution < -0.4 is 0 Å². The van der Waals surface area contributed by atoms with Gasteiger partial charge in [0.15, 0.2) is 0 Å². The summed E-state index contributed by atoms with van der Waals surface area (Å²) in [6.45, 7) is 1.97. The maximum atomic E-state index is 12.2. The normalized spacial score (nSPS) is 24.0. The number of rotatable bonds is 2. The molecular weight excluding hydrogens is 246 g/mol. The van der Waals surface area contributed by atoms with Gasteiger partial charge in [-0.05, 0) is 37.4 Å². The minimum absolute atomic E-state index is 0.00496. The molecule has 0 aliphatic carbocycles. The number of carbonyl (C=O) groups excluding carboxylic acids is 1. The smallest absolute Gasteiger partial charge is 0.329 e. The van der Waals surface area contributed by atoms with E-state index in [2.05, 4.69) is 0 Å². The number of furan rings is 1. The molecule has 1 aliphatic rings. The molecule has 17 heavy (non-hydrogen) atoms. The van der Waals surface area contributed by atoms with Gasteiger partial charge < -0.3 is 14.4 Å². The first-order valence-electron chi connectivity index (χ1n) is 5.25. The molecule has 1 atom stereocenters. The Bertz CT molecular complexity index is 470. The Morgan fingerprint density at radius 3 is 2.82 bits per heavy atom. The third kappa shape index (κ3) is 1.80. The van der Waals surface area contributed by atoms with Crippen molar-refractivity contribution in [1.82, 2.24) is 4.90 Å². The highest BCUT2D eigenvalue weighted by molar-refractivity contribution is 6.32. The van der Waals surface area contributed by atoms with E-state index in [1.54, 1.807) is 6.92 Å². The Hall–Kier alpha value is -1.49. The maximum absolute atomic E-state index is 12.2. The molecule has 1 aliphatic heterocycles. The van der Waals surface area contributed by atoms with Gasteiger partial charge >= 0.3 is 5.97 Å². The molecule has 0 aromatic carbocycles. The summed E-state index contributed by atoms with van der Waals surface area (Å²) in [4.78, 5) is 24.7. The van der Waals surface area contributed by atoms with Crippen molar-refractivity contribution >= 4 is 23.5 Å². The molecule has 0 saturated carbocycles. The number of hydrogen-bond donors (Lipinski definition) is 1. The van der Waals surface area contributed by atoms with Crippen LogP contribution in [0.5, 0.6) is 0 Å². The number of aliphatic carboxylic acids is 1. The summed E-state index contributed by atoms with van der Waals surface area (Å²) in [6, 6.07) is 1.45. The Balaban J connectivity index is 2.32. The number of amides is 1. The maximum Gasteiger partial charge on any atom is 0.329 e. The van der Waals surface area contributed by atoms with E-state index < -0.39 is 17.4 Å². The third-order valence-electron chi connectivity index (χ3n) is 3.20. The van der Waals surface area contributed by atoms with Crippen molar-refractivity contribution in [1.29, 1.82) is 0 Å². The highest BCUT2D eigenvalue weighted by Gasteiger charge is 2.46. The fraction of sp³-hybridized carbons (Fsp3) is 0.455. The van der Waals surface area contributed by atoms with Gasteiger partial charge in [-0.15, -0.1) is 0 Å². The van der Waals surface area contributed by atoms with E-state index in [-0.39, 0.29) is 10.8 Å². The van der Waals surface area contributed by atoms with Crippen LogP contribution in [0.2, 0.25) is 5.22 Å². The molecule has 1 aromatic heterocycles. The first-order chi connectivity index (χ1) is 7.97. The molecule has 92 valence electrons. The molecular formula is C11H12ClNO4. The molecule has 1 aromatic rings. The molecule has 0 radical (unpaired) electrons. The predicted octanol–water partition coefficient (Wildman–Crippen LogP) is 2.01. The lowest BCUT2D eigenvalue weighted by atomic mass is 9.99. The minimum atomic E-state index is -1.16. The van der Waals surface area contributed by atoms with Crippen molar-refractivity contribution in [2.45, 2.75) is 25.3 Å². The average molecular weight is 258 g/mol. The average Bonchev–Trinajstić information content (AvgIpc) is 2.84. The summed E-state index contributed by atoms with van der Waals surface area (Å²) in [5.74, 6) is -1.39. The van der Waals surface area contributed by atoms with Crippen LogP contribution in [0.25, 0.3) is 0 Å². The summed E-state index contributed by atoms with van der Waals surface area (Å²) in [5, 5.41) is 9.20. The van der Waals surface area contributed by atoms with Gasteiger partial charge in [0, 0.05) is 6.54 Å². The van der Waals surface area contributed by atoms with Crippen molar-refractivity contribution < 1.29 is 19.1 Å². The van der Waals surface area contributed by atoms with E-state index >= 15 is 0 Å². The number of carboxylic acids is 1. The summed E-state index contributed by atoms with van der Waals surface area (Å²) in [6.07, 6.45) is 2.43. The van der Waals surface area contributed by atoms with E-state index in [9.17, 15) is 14.7 Å². The van der Waals surface area contributed by atoms with Gasteiger partial charge in [-0.3, -0.25) is 4.79 Å². The molecule has 2 rings (SSSR count). The van der Waals surface area contributed by atoms with Gasteiger partial charge in [-0.25, -0.2) is 4.79 Å². The number of halogens is 1. The Labute approximate surface area is 103 Å². The molecule has 6 heteroatoms. The molecule has 1 amide bonds. The van der Waals surface area contributed by atoms with Crippen molar-refractivity contribution in [2.24, 2.45) is 0 Å². The van der Waals surface area contributed by atoms with Crippen LogP contribution in [0.1, 0.15) is 30.1 Å². The van der Waals surface area contributed by atoms with Crippen LogP contribution in [0, 0.1) is 0 Å². The van der Waals surface area contributed by atoms with E-state index in [1.807, 2.05) is 0 Å². The van der Waals surface area contributed by atoms with Crippen LogP contribution in [0.4, 0.5) is 0 Å². The summed E-state index contributed by atoms with van der Waals surface area (Å²) in [7, 11) is 0. The van der Waals surface area contributed by atoms with Crippen molar-refractivity contribution in [3.63, 3.8) is 0 Å². The first kappa shape index (κ1) is 12.0. The number of likely N-dealkylation sites (tertiary alicyclic amines) is 1. The largest absolute Gasteiger partial charge is 0.480 e. The number of nitrogens with zero attached hydrogens (tertiary/aromatic N) is 1. The van der Waals surface area contributed by atoms with Crippen molar-refractivity contribution in [3.8, 4) is 0 Å². The van der Waals surface area contributed by atoms with Gasteiger partial charge in [-0.2, -0.15) is 0 Å².